The third-order valence-electron chi connectivity index (χ3n) is 3.61. The van der Waals surface area contributed by atoms with Gasteiger partial charge in [0.1, 0.15) is 0 Å². The fourth-order valence-corrected chi connectivity index (χ4v) is 2.83. The maximum atomic E-state index is 12.9. The van der Waals surface area contributed by atoms with Crippen LogP contribution in [0.3, 0.4) is 0 Å². The SMILES string of the molecule is Cn1c(C(=O)O)c(-c2ccccc2)c(=O)n1-c1ccccc1Cl. The van der Waals surface area contributed by atoms with E-state index in [0.29, 0.717) is 16.3 Å². The minimum absolute atomic E-state index is 0.0823. The van der Waals surface area contributed by atoms with Crippen molar-refractivity contribution in [3.63, 3.8) is 0 Å². The normalized spacial score (nSPS) is 10.7. The number of halogens is 1. The molecule has 0 radical (unpaired) electrons. The van der Waals surface area contributed by atoms with E-state index >= 15 is 0 Å². The number of carboxylic acid groups (broad SMARTS) is 1. The van der Waals surface area contributed by atoms with Crippen LogP contribution in [-0.2, 0) is 7.05 Å². The molecule has 0 saturated heterocycles. The zero-order valence-corrected chi connectivity index (χ0v) is 13.0. The average molecular weight is 329 g/mol. The van der Waals surface area contributed by atoms with Crippen molar-refractivity contribution < 1.29 is 9.90 Å². The van der Waals surface area contributed by atoms with Gasteiger partial charge in [0, 0.05) is 7.05 Å². The summed E-state index contributed by atoms with van der Waals surface area (Å²) in [5.74, 6) is -1.17. The summed E-state index contributed by atoms with van der Waals surface area (Å²) in [6, 6.07) is 15.5. The molecular formula is C17H13ClN2O3. The molecule has 1 N–H and O–H groups in total. The predicted octanol–water partition coefficient (Wildman–Crippen LogP) is 3.19. The second-order valence-corrected chi connectivity index (χ2v) is 5.39. The van der Waals surface area contributed by atoms with Crippen molar-refractivity contribution >= 4 is 17.6 Å². The molecule has 0 bridgehead atoms. The lowest BCUT2D eigenvalue weighted by atomic mass is 10.1. The molecule has 6 heteroatoms. The Bertz CT molecular complexity index is 942. The summed E-state index contributed by atoms with van der Waals surface area (Å²) in [5, 5.41) is 9.92. The first-order valence-corrected chi connectivity index (χ1v) is 7.25. The van der Waals surface area contributed by atoms with E-state index in [1.54, 1.807) is 54.6 Å². The van der Waals surface area contributed by atoms with Crippen LogP contribution in [0.2, 0.25) is 5.02 Å². The van der Waals surface area contributed by atoms with E-state index in [1.807, 2.05) is 0 Å². The van der Waals surface area contributed by atoms with Crippen LogP contribution in [0.4, 0.5) is 0 Å². The van der Waals surface area contributed by atoms with Gasteiger partial charge in [-0.1, -0.05) is 54.1 Å². The molecule has 2 aromatic carbocycles. The molecule has 116 valence electrons. The number of rotatable bonds is 3. The van der Waals surface area contributed by atoms with E-state index in [1.165, 1.54) is 16.4 Å². The maximum absolute atomic E-state index is 12.9. The Morgan fingerprint density at radius 1 is 1.04 bits per heavy atom. The van der Waals surface area contributed by atoms with E-state index < -0.39 is 11.5 Å². The molecule has 0 spiro atoms. The zero-order chi connectivity index (χ0) is 16.6. The lowest BCUT2D eigenvalue weighted by Crippen LogP contribution is -2.21. The van der Waals surface area contributed by atoms with Gasteiger partial charge >= 0.3 is 5.97 Å². The second kappa shape index (κ2) is 5.78. The van der Waals surface area contributed by atoms with Crippen molar-refractivity contribution in [3.8, 4) is 16.8 Å². The lowest BCUT2D eigenvalue weighted by molar-refractivity contribution is 0.0685. The van der Waals surface area contributed by atoms with Gasteiger partial charge in [0.25, 0.3) is 5.56 Å². The van der Waals surface area contributed by atoms with E-state index in [4.69, 9.17) is 11.6 Å². The van der Waals surface area contributed by atoms with Gasteiger partial charge in [0.2, 0.25) is 0 Å². The standard InChI is InChI=1S/C17H13ClN2O3/c1-19-15(17(22)23)14(11-7-3-2-4-8-11)16(21)20(19)13-10-6-5-9-12(13)18/h2-10H,1H3,(H,22,23). The molecule has 0 amide bonds. The highest BCUT2D eigenvalue weighted by Gasteiger charge is 2.25. The van der Waals surface area contributed by atoms with Crippen LogP contribution in [0.25, 0.3) is 16.8 Å². The minimum atomic E-state index is -1.17. The smallest absolute Gasteiger partial charge is 0.354 e. The Kier molecular flexibility index (Phi) is 3.80. The number of nitrogens with zero attached hydrogens (tertiary/aromatic N) is 2. The number of carboxylic acids is 1. The molecule has 0 atom stereocenters. The molecule has 5 nitrogen and oxygen atoms in total. The van der Waals surface area contributed by atoms with Crippen molar-refractivity contribution in [2.45, 2.75) is 0 Å². The third kappa shape index (κ3) is 2.45. The Morgan fingerprint density at radius 3 is 2.26 bits per heavy atom. The van der Waals surface area contributed by atoms with Crippen LogP contribution >= 0.6 is 11.6 Å². The highest BCUT2D eigenvalue weighted by Crippen LogP contribution is 2.24. The van der Waals surface area contributed by atoms with Gasteiger partial charge in [-0.05, 0) is 17.7 Å². The van der Waals surface area contributed by atoms with Gasteiger partial charge in [-0.2, -0.15) is 0 Å². The molecule has 3 rings (SSSR count). The van der Waals surface area contributed by atoms with Gasteiger partial charge in [-0.25, -0.2) is 9.48 Å². The van der Waals surface area contributed by atoms with Crippen LogP contribution in [0, 0.1) is 0 Å². The summed E-state index contributed by atoms with van der Waals surface area (Å²) in [7, 11) is 1.53. The first-order valence-electron chi connectivity index (χ1n) is 6.88. The first-order chi connectivity index (χ1) is 11.0. The van der Waals surface area contributed by atoms with Crippen molar-refractivity contribution in [1.82, 2.24) is 9.36 Å². The van der Waals surface area contributed by atoms with Crippen molar-refractivity contribution in [2.75, 3.05) is 0 Å². The fraction of sp³-hybridized carbons (Fsp3) is 0.0588. The molecule has 0 aliphatic rings. The van der Waals surface area contributed by atoms with Crippen LogP contribution in [-0.4, -0.2) is 20.4 Å². The third-order valence-corrected chi connectivity index (χ3v) is 3.93. The van der Waals surface area contributed by atoms with Crippen LogP contribution in [0.1, 0.15) is 10.5 Å². The molecule has 0 saturated carbocycles. The molecule has 3 aromatic rings. The maximum Gasteiger partial charge on any atom is 0.354 e. The number of para-hydroxylation sites is 1. The summed E-state index contributed by atoms with van der Waals surface area (Å²) in [5.41, 5.74) is 0.619. The summed E-state index contributed by atoms with van der Waals surface area (Å²) in [6.07, 6.45) is 0. The quantitative estimate of drug-likeness (QED) is 0.803. The van der Waals surface area contributed by atoms with Gasteiger partial charge in [0.15, 0.2) is 5.69 Å². The molecule has 0 aliphatic heterocycles. The monoisotopic (exact) mass is 328 g/mol. The van der Waals surface area contributed by atoms with E-state index in [-0.39, 0.29) is 11.3 Å². The topological polar surface area (TPSA) is 64.2 Å². The van der Waals surface area contributed by atoms with Crippen molar-refractivity contribution in [2.24, 2.45) is 7.05 Å². The second-order valence-electron chi connectivity index (χ2n) is 4.99. The summed E-state index contributed by atoms with van der Waals surface area (Å²) < 4.78 is 2.59. The first kappa shape index (κ1) is 15.1. The van der Waals surface area contributed by atoms with Crippen LogP contribution in [0.15, 0.2) is 59.4 Å². The average Bonchev–Trinajstić information content (AvgIpc) is 2.80. The largest absolute Gasteiger partial charge is 0.477 e. The Labute approximate surface area is 137 Å². The predicted molar refractivity (Wildman–Crippen MR) is 88.4 cm³/mol. The molecule has 0 unspecified atom stereocenters. The summed E-state index contributed by atoms with van der Waals surface area (Å²) in [6.45, 7) is 0. The molecule has 0 aliphatic carbocycles. The number of hydrogen-bond donors (Lipinski definition) is 1. The Balaban J connectivity index is 2.40. The Hall–Kier alpha value is -2.79. The highest BCUT2D eigenvalue weighted by molar-refractivity contribution is 6.32. The summed E-state index contributed by atoms with van der Waals surface area (Å²) in [4.78, 5) is 24.6. The molecule has 1 aromatic heterocycles. The van der Waals surface area contributed by atoms with Crippen LogP contribution in [0.5, 0.6) is 0 Å². The number of hydrogen-bond acceptors (Lipinski definition) is 2. The molecular weight excluding hydrogens is 316 g/mol. The van der Waals surface area contributed by atoms with Crippen LogP contribution < -0.4 is 5.56 Å². The van der Waals surface area contributed by atoms with Gasteiger partial charge < -0.3 is 5.11 Å². The minimum Gasteiger partial charge on any atom is -0.477 e. The number of aromatic nitrogens is 2. The van der Waals surface area contributed by atoms with E-state index in [9.17, 15) is 14.7 Å². The van der Waals surface area contributed by atoms with Crippen molar-refractivity contribution in [3.05, 3.63) is 75.7 Å². The molecule has 1 heterocycles. The van der Waals surface area contributed by atoms with Gasteiger partial charge in [0.05, 0.1) is 16.3 Å². The van der Waals surface area contributed by atoms with Crippen molar-refractivity contribution in [1.29, 1.82) is 0 Å². The Morgan fingerprint density at radius 2 is 1.65 bits per heavy atom. The molecule has 0 fully saturated rings. The summed E-state index contributed by atoms with van der Waals surface area (Å²) >= 11 is 6.17. The van der Waals surface area contributed by atoms with E-state index in [0.717, 1.165) is 0 Å². The van der Waals surface area contributed by atoms with Gasteiger partial charge in [-0.3, -0.25) is 9.48 Å². The number of benzene rings is 2. The fourth-order valence-electron chi connectivity index (χ4n) is 2.61. The van der Waals surface area contributed by atoms with Gasteiger partial charge in [-0.15, -0.1) is 0 Å². The highest BCUT2D eigenvalue weighted by atomic mass is 35.5. The van der Waals surface area contributed by atoms with E-state index in [2.05, 4.69) is 0 Å². The number of carbonyl (C=O) groups is 1. The lowest BCUT2D eigenvalue weighted by Gasteiger charge is -2.09. The molecule has 23 heavy (non-hydrogen) atoms. The number of aromatic carboxylic acids is 1. The zero-order valence-electron chi connectivity index (χ0n) is 12.2.